The molecular formula is C14H19N3OS. The molecule has 0 aliphatic carbocycles. The van der Waals surface area contributed by atoms with Gasteiger partial charge in [-0.2, -0.15) is 0 Å². The maximum atomic E-state index is 5.73. The Morgan fingerprint density at radius 1 is 1.16 bits per heavy atom. The topological polar surface area (TPSA) is 51.0 Å². The summed E-state index contributed by atoms with van der Waals surface area (Å²) in [6.45, 7) is 7.78. The molecule has 2 aromatic rings. The lowest BCUT2D eigenvalue weighted by molar-refractivity contribution is 0.462. The summed E-state index contributed by atoms with van der Waals surface area (Å²) in [5, 5.41) is 4.05. The molecule has 0 aromatic carbocycles. The number of furan rings is 1. The number of rotatable bonds is 6. The van der Waals surface area contributed by atoms with Gasteiger partial charge in [0.05, 0.1) is 12.3 Å². The molecule has 0 spiro atoms. The molecule has 2 aromatic heterocycles. The van der Waals surface area contributed by atoms with E-state index in [0.717, 1.165) is 46.9 Å². The van der Waals surface area contributed by atoms with E-state index in [4.69, 9.17) is 4.42 Å². The summed E-state index contributed by atoms with van der Waals surface area (Å²) in [5.74, 6) is 2.69. The first-order valence-corrected chi connectivity index (χ1v) is 7.39. The summed E-state index contributed by atoms with van der Waals surface area (Å²) in [4.78, 5) is 8.81. The standard InChI is InChI=1S/C14H19N3OS/c1-4-15-8-12-5-6-13(18-12)9-19-14-16-10(2)7-11(3)17-14/h5-7,15H,4,8-9H2,1-3H3. The maximum Gasteiger partial charge on any atom is 0.188 e. The molecule has 2 heterocycles. The predicted molar refractivity (Wildman–Crippen MR) is 77.2 cm³/mol. The molecule has 0 unspecified atom stereocenters. The van der Waals surface area contributed by atoms with Gasteiger partial charge in [-0.25, -0.2) is 9.97 Å². The lowest BCUT2D eigenvalue weighted by atomic mass is 10.4. The molecule has 0 aliphatic rings. The zero-order chi connectivity index (χ0) is 13.7. The number of nitrogens with one attached hydrogen (secondary N) is 1. The van der Waals surface area contributed by atoms with E-state index in [9.17, 15) is 0 Å². The minimum atomic E-state index is 0.759. The summed E-state index contributed by atoms with van der Waals surface area (Å²) in [5.41, 5.74) is 2.00. The average molecular weight is 277 g/mol. The number of hydrogen-bond acceptors (Lipinski definition) is 5. The summed E-state index contributed by atoms with van der Waals surface area (Å²) >= 11 is 1.60. The first-order valence-electron chi connectivity index (χ1n) is 6.40. The van der Waals surface area contributed by atoms with Crippen LogP contribution < -0.4 is 5.32 Å². The second kappa shape index (κ2) is 6.73. The molecule has 4 nitrogen and oxygen atoms in total. The van der Waals surface area contributed by atoms with Crippen LogP contribution in [0, 0.1) is 13.8 Å². The zero-order valence-corrected chi connectivity index (χ0v) is 12.4. The lowest BCUT2D eigenvalue weighted by Crippen LogP contribution is -2.10. The van der Waals surface area contributed by atoms with Gasteiger partial charge in [0.2, 0.25) is 0 Å². The van der Waals surface area contributed by atoms with E-state index in [1.54, 1.807) is 11.8 Å². The minimum absolute atomic E-state index is 0.759. The highest BCUT2D eigenvalue weighted by atomic mass is 32.2. The SMILES string of the molecule is CCNCc1ccc(CSc2nc(C)cc(C)n2)o1. The Balaban J connectivity index is 1.92. The third-order valence-electron chi connectivity index (χ3n) is 2.57. The Morgan fingerprint density at radius 2 is 1.84 bits per heavy atom. The Bertz CT molecular complexity index is 519. The van der Waals surface area contributed by atoms with E-state index in [-0.39, 0.29) is 0 Å². The fourth-order valence-electron chi connectivity index (χ4n) is 1.74. The van der Waals surface area contributed by atoms with Crippen molar-refractivity contribution in [3.63, 3.8) is 0 Å². The van der Waals surface area contributed by atoms with Gasteiger partial charge in [0.25, 0.3) is 0 Å². The Hall–Kier alpha value is -1.33. The highest BCUT2D eigenvalue weighted by Gasteiger charge is 2.05. The summed E-state index contributed by atoms with van der Waals surface area (Å²) < 4.78 is 5.73. The van der Waals surface area contributed by atoms with E-state index in [1.807, 2.05) is 32.0 Å². The molecule has 0 saturated carbocycles. The smallest absolute Gasteiger partial charge is 0.188 e. The predicted octanol–water partition coefficient (Wildman–Crippen LogP) is 3.09. The van der Waals surface area contributed by atoms with Crippen molar-refractivity contribution < 1.29 is 4.42 Å². The third kappa shape index (κ3) is 4.36. The van der Waals surface area contributed by atoms with Crippen molar-refractivity contribution in [1.82, 2.24) is 15.3 Å². The molecule has 0 atom stereocenters. The van der Waals surface area contributed by atoms with Crippen molar-refractivity contribution in [3.8, 4) is 0 Å². The van der Waals surface area contributed by atoms with Crippen LogP contribution in [0.5, 0.6) is 0 Å². The van der Waals surface area contributed by atoms with Crippen LogP contribution in [0.4, 0.5) is 0 Å². The molecule has 0 saturated heterocycles. The summed E-state index contributed by atoms with van der Waals surface area (Å²) in [6, 6.07) is 6.01. The zero-order valence-electron chi connectivity index (χ0n) is 11.6. The van der Waals surface area contributed by atoms with Crippen molar-refractivity contribution in [1.29, 1.82) is 0 Å². The minimum Gasteiger partial charge on any atom is -0.464 e. The molecular weight excluding hydrogens is 258 g/mol. The van der Waals surface area contributed by atoms with Crippen molar-refractivity contribution in [2.24, 2.45) is 0 Å². The van der Waals surface area contributed by atoms with Crippen LogP contribution in [-0.4, -0.2) is 16.5 Å². The van der Waals surface area contributed by atoms with Crippen LogP contribution in [0.25, 0.3) is 0 Å². The second-order valence-corrected chi connectivity index (χ2v) is 5.31. The highest BCUT2D eigenvalue weighted by Crippen LogP contribution is 2.21. The number of nitrogens with zero attached hydrogens (tertiary/aromatic N) is 2. The van der Waals surface area contributed by atoms with E-state index in [1.165, 1.54) is 0 Å². The largest absolute Gasteiger partial charge is 0.464 e. The second-order valence-electron chi connectivity index (χ2n) is 4.37. The number of aromatic nitrogens is 2. The van der Waals surface area contributed by atoms with Crippen LogP contribution in [-0.2, 0) is 12.3 Å². The molecule has 5 heteroatoms. The van der Waals surface area contributed by atoms with Gasteiger partial charge in [0, 0.05) is 11.4 Å². The molecule has 1 N–H and O–H groups in total. The fraction of sp³-hybridized carbons (Fsp3) is 0.429. The van der Waals surface area contributed by atoms with Gasteiger partial charge in [-0.05, 0) is 38.6 Å². The van der Waals surface area contributed by atoms with Crippen molar-refractivity contribution >= 4 is 11.8 Å². The molecule has 0 aliphatic heterocycles. The van der Waals surface area contributed by atoms with Gasteiger partial charge in [0.1, 0.15) is 11.5 Å². The molecule has 2 rings (SSSR count). The van der Waals surface area contributed by atoms with Crippen molar-refractivity contribution in [2.45, 2.75) is 38.2 Å². The van der Waals surface area contributed by atoms with Crippen LogP contribution in [0.15, 0.2) is 27.8 Å². The van der Waals surface area contributed by atoms with Crippen LogP contribution in [0.1, 0.15) is 29.8 Å². The van der Waals surface area contributed by atoms with Gasteiger partial charge < -0.3 is 9.73 Å². The molecule has 19 heavy (non-hydrogen) atoms. The lowest BCUT2D eigenvalue weighted by Gasteiger charge is -2.01. The van der Waals surface area contributed by atoms with Gasteiger partial charge in [-0.1, -0.05) is 18.7 Å². The highest BCUT2D eigenvalue weighted by molar-refractivity contribution is 7.98. The third-order valence-corrected chi connectivity index (χ3v) is 3.44. The first-order chi connectivity index (χ1) is 9.17. The van der Waals surface area contributed by atoms with E-state index in [2.05, 4.69) is 22.2 Å². The first kappa shape index (κ1) is 14.1. The normalized spacial score (nSPS) is 10.9. The van der Waals surface area contributed by atoms with E-state index >= 15 is 0 Å². The van der Waals surface area contributed by atoms with Gasteiger partial charge in [-0.3, -0.25) is 0 Å². The Kier molecular flexibility index (Phi) is 4.99. The number of thioether (sulfide) groups is 1. The molecule has 102 valence electrons. The Morgan fingerprint density at radius 3 is 2.53 bits per heavy atom. The average Bonchev–Trinajstić information content (AvgIpc) is 2.81. The summed E-state index contributed by atoms with van der Waals surface area (Å²) in [7, 11) is 0. The molecule has 0 bridgehead atoms. The monoisotopic (exact) mass is 277 g/mol. The van der Waals surface area contributed by atoms with Crippen LogP contribution in [0.2, 0.25) is 0 Å². The van der Waals surface area contributed by atoms with Gasteiger partial charge >= 0.3 is 0 Å². The number of aryl methyl sites for hydroxylation is 2. The van der Waals surface area contributed by atoms with Crippen molar-refractivity contribution in [2.75, 3.05) is 6.54 Å². The van der Waals surface area contributed by atoms with Crippen LogP contribution >= 0.6 is 11.8 Å². The van der Waals surface area contributed by atoms with E-state index < -0.39 is 0 Å². The quantitative estimate of drug-likeness (QED) is 0.649. The Labute approximate surface area is 118 Å². The molecule has 0 fully saturated rings. The maximum absolute atomic E-state index is 5.73. The van der Waals surface area contributed by atoms with E-state index in [0.29, 0.717) is 0 Å². The summed E-state index contributed by atoms with van der Waals surface area (Å²) in [6.07, 6.45) is 0. The van der Waals surface area contributed by atoms with Gasteiger partial charge in [0.15, 0.2) is 5.16 Å². The van der Waals surface area contributed by atoms with Crippen LogP contribution in [0.3, 0.4) is 0 Å². The number of hydrogen-bond donors (Lipinski definition) is 1. The molecule has 0 amide bonds. The molecule has 0 radical (unpaired) electrons. The van der Waals surface area contributed by atoms with Gasteiger partial charge in [-0.15, -0.1) is 0 Å². The fourth-order valence-corrected chi connectivity index (χ4v) is 2.58. The van der Waals surface area contributed by atoms with Crippen molar-refractivity contribution in [3.05, 3.63) is 41.1 Å².